The van der Waals surface area contributed by atoms with E-state index in [1.165, 1.54) is 0 Å². The maximum Gasteiger partial charge on any atom is 0.260 e. The first kappa shape index (κ1) is 18.8. The highest BCUT2D eigenvalue weighted by atomic mass is 35.5. The zero-order valence-corrected chi connectivity index (χ0v) is 14.5. The SMILES string of the molecule is Cc1cccc(C)c1OCC(=O)N1CCC(C(C)N)CC1.Cl. The van der Waals surface area contributed by atoms with E-state index in [-0.39, 0.29) is 31.0 Å². The first-order valence-corrected chi connectivity index (χ1v) is 7.71. The van der Waals surface area contributed by atoms with Crippen LogP contribution in [0.15, 0.2) is 18.2 Å². The number of piperidine rings is 1. The summed E-state index contributed by atoms with van der Waals surface area (Å²) in [6.45, 7) is 7.75. The van der Waals surface area contributed by atoms with Gasteiger partial charge in [-0.05, 0) is 50.7 Å². The molecule has 1 atom stereocenters. The fourth-order valence-corrected chi connectivity index (χ4v) is 2.93. The molecule has 1 aliphatic rings. The van der Waals surface area contributed by atoms with Gasteiger partial charge in [-0.15, -0.1) is 12.4 Å². The second-order valence-electron chi connectivity index (χ2n) is 6.09. The average molecular weight is 327 g/mol. The van der Waals surface area contributed by atoms with Crippen molar-refractivity contribution in [2.24, 2.45) is 11.7 Å². The first-order valence-electron chi connectivity index (χ1n) is 7.71. The van der Waals surface area contributed by atoms with Gasteiger partial charge in [-0.3, -0.25) is 4.79 Å². The molecule has 5 heteroatoms. The van der Waals surface area contributed by atoms with Gasteiger partial charge < -0.3 is 15.4 Å². The molecular formula is C17H27ClN2O2. The standard InChI is InChI=1S/C17H26N2O2.ClH/c1-12-5-4-6-13(2)17(12)21-11-16(20)19-9-7-15(8-10-19)14(3)18;/h4-6,14-15H,7-11,18H2,1-3H3;1H. The molecule has 0 saturated carbocycles. The average Bonchev–Trinajstić information content (AvgIpc) is 2.46. The quantitative estimate of drug-likeness (QED) is 0.925. The van der Waals surface area contributed by atoms with Crippen LogP contribution in [0.2, 0.25) is 0 Å². The summed E-state index contributed by atoms with van der Waals surface area (Å²) in [6, 6.07) is 6.22. The lowest BCUT2D eigenvalue weighted by Gasteiger charge is -2.33. The van der Waals surface area contributed by atoms with E-state index in [1.807, 2.05) is 43.9 Å². The Balaban J connectivity index is 0.00000242. The van der Waals surface area contributed by atoms with E-state index in [2.05, 4.69) is 0 Å². The predicted octanol–water partition coefficient (Wildman–Crippen LogP) is 2.69. The summed E-state index contributed by atoms with van der Waals surface area (Å²) < 4.78 is 5.74. The van der Waals surface area contributed by atoms with Crippen LogP contribution in [0.4, 0.5) is 0 Å². The van der Waals surface area contributed by atoms with Crippen molar-refractivity contribution in [3.05, 3.63) is 29.3 Å². The minimum atomic E-state index is 0. The summed E-state index contributed by atoms with van der Waals surface area (Å²) >= 11 is 0. The van der Waals surface area contributed by atoms with Crippen molar-refractivity contribution in [1.82, 2.24) is 4.90 Å². The Kier molecular flexibility index (Phi) is 7.17. The third-order valence-corrected chi connectivity index (χ3v) is 4.38. The monoisotopic (exact) mass is 326 g/mol. The van der Waals surface area contributed by atoms with Gasteiger partial charge in [0.15, 0.2) is 6.61 Å². The molecule has 1 amide bonds. The van der Waals surface area contributed by atoms with Crippen LogP contribution in [-0.4, -0.2) is 36.5 Å². The first-order chi connectivity index (χ1) is 9.99. The van der Waals surface area contributed by atoms with Crippen molar-refractivity contribution in [1.29, 1.82) is 0 Å². The Morgan fingerprint density at radius 1 is 1.32 bits per heavy atom. The van der Waals surface area contributed by atoms with Gasteiger partial charge in [-0.25, -0.2) is 0 Å². The Labute approximate surface area is 139 Å². The number of ether oxygens (including phenoxy) is 1. The van der Waals surface area contributed by atoms with Gasteiger partial charge in [0.05, 0.1) is 0 Å². The molecule has 0 aliphatic carbocycles. The van der Waals surface area contributed by atoms with E-state index in [0.717, 1.165) is 42.8 Å². The number of hydrogen-bond donors (Lipinski definition) is 1. The van der Waals surface area contributed by atoms with Gasteiger partial charge in [0, 0.05) is 19.1 Å². The van der Waals surface area contributed by atoms with E-state index in [9.17, 15) is 4.79 Å². The van der Waals surface area contributed by atoms with E-state index in [1.54, 1.807) is 0 Å². The molecule has 4 nitrogen and oxygen atoms in total. The van der Waals surface area contributed by atoms with Gasteiger partial charge in [0.1, 0.15) is 5.75 Å². The van der Waals surface area contributed by atoms with Gasteiger partial charge >= 0.3 is 0 Å². The van der Waals surface area contributed by atoms with Crippen molar-refractivity contribution >= 4 is 18.3 Å². The lowest BCUT2D eigenvalue weighted by atomic mass is 9.91. The Hall–Kier alpha value is -1.26. The van der Waals surface area contributed by atoms with Crippen LogP contribution in [0.25, 0.3) is 0 Å². The number of para-hydroxylation sites is 1. The van der Waals surface area contributed by atoms with Crippen LogP contribution >= 0.6 is 12.4 Å². The van der Waals surface area contributed by atoms with Crippen LogP contribution in [-0.2, 0) is 4.79 Å². The van der Waals surface area contributed by atoms with Crippen LogP contribution in [0, 0.1) is 19.8 Å². The molecule has 1 fully saturated rings. The van der Waals surface area contributed by atoms with E-state index in [4.69, 9.17) is 10.5 Å². The number of rotatable bonds is 4. The Bertz CT molecular complexity index is 477. The summed E-state index contributed by atoms with van der Waals surface area (Å²) in [6.07, 6.45) is 1.99. The second kappa shape index (κ2) is 8.39. The van der Waals surface area contributed by atoms with Crippen LogP contribution < -0.4 is 10.5 Å². The molecule has 124 valence electrons. The molecule has 22 heavy (non-hydrogen) atoms. The highest BCUT2D eigenvalue weighted by Gasteiger charge is 2.25. The third-order valence-electron chi connectivity index (χ3n) is 4.38. The molecule has 2 N–H and O–H groups in total. The summed E-state index contributed by atoms with van der Waals surface area (Å²) in [5, 5.41) is 0. The maximum absolute atomic E-state index is 12.2. The maximum atomic E-state index is 12.2. The molecule has 0 aromatic heterocycles. The highest BCUT2D eigenvalue weighted by molar-refractivity contribution is 5.85. The smallest absolute Gasteiger partial charge is 0.260 e. The van der Waals surface area contributed by atoms with Gasteiger partial charge in [-0.2, -0.15) is 0 Å². The van der Waals surface area contributed by atoms with Crippen LogP contribution in [0.3, 0.4) is 0 Å². The minimum absolute atomic E-state index is 0. The molecule has 1 aliphatic heterocycles. The van der Waals surface area contributed by atoms with Crippen molar-refractivity contribution in [3.8, 4) is 5.75 Å². The lowest BCUT2D eigenvalue weighted by molar-refractivity contribution is -0.134. The molecule has 1 saturated heterocycles. The number of nitrogens with zero attached hydrogens (tertiary/aromatic N) is 1. The molecule has 0 spiro atoms. The Morgan fingerprint density at radius 3 is 2.36 bits per heavy atom. The van der Waals surface area contributed by atoms with Crippen LogP contribution in [0.5, 0.6) is 5.75 Å². The molecule has 1 aromatic rings. The van der Waals surface area contributed by atoms with Gasteiger partial charge in [-0.1, -0.05) is 18.2 Å². The van der Waals surface area contributed by atoms with Crippen molar-refractivity contribution in [2.45, 2.75) is 39.7 Å². The van der Waals surface area contributed by atoms with Crippen molar-refractivity contribution in [2.75, 3.05) is 19.7 Å². The number of benzene rings is 1. The van der Waals surface area contributed by atoms with Crippen molar-refractivity contribution < 1.29 is 9.53 Å². The lowest BCUT2D eigenvalue weighted by Crippen LogP contribution is -2.44. The number of carbonyl (C=O) groups is 1. The number of amides is 1. The van der Waals surface area contributed by atoms with E-state index in [0.29, 0.717) is 5.92 Å². The third kappa shape index (κ3) is 4.62. The molecular weight excluding hydrogens is 300 g/mol. The number of carbonyl (C=O) groups excluding carboxylic acids is 1. The predicted molar refractivity (Wildman–Crippen MR) is 91.6 cm³/mol. The summed E-state index contributed by atoms with van der Waals surface area (Å²) in [5.41, 5.74) is 8.06. The fraction of sp³-hybridized carbons (Fsp3) is 0.588. The number of aryl methyl sites for hydroxylation is 2. The van der Waals surface area contributed by atoms with E-state index >= 15 is 0 Å². The summed E-state index contributed by atoms with van der Waals surface area (Å²) in [4.78, 5) is 14.1. The van der Waals surface area contributed by atoms with Crippen molar-refractivity contribution in [3.63, 3.8) is 0 Å². The zero-order valence-electron chi connectivity index (χ0n) is 13.7. The molecule has 1 heterocycles. The largest absolute Gasteiger partial charge is 0.483 e. The fourth-order valence-electron chi connectivity index (χ4n) is 2.93. The molecule has 0 radical (unpaired) electrons. The number of nitrogens with two attached hydrogens (primary N) is 1. The minimum Gasteiger partial charge on any atom is -0.483 e. The zero-order chi connectivity index (χ0) is 15.4. The van der Waals surface area contributed by atoms with E-state index < -0.39 is 0 Å². The normalized spacial score (nSPS) is 16.8. The number of halogens is 1. The second-order valence-corrected chi connectivity index (χ2v) is 6.09. The Morgan fingerprint density at radius 2 is 1.86 bits per heavy atom. The topological polar surface area (TPSA) is 55.6 Å². The molecule has 0 bridgehead atoms. The number of likely N-dealkylation sites (tertiary alicyclic amines) is 1. The molecule has 1 unspecified atom stereocenters. The summed E-state index contributed by atoms with van der Waals surface area (Å²) in [5.74, 6) is 1.44. The summed E-state index contributed by atoms with van der Waals surface area (Å²) in [7, 11) is 0. The van der Waals surface area contributed by atoms with Crippen LogP contribution in [0.1, 0.15) is 30.9 Å². The highest BCUT2D eigenvalue weighted by Crippen LogP contribution is 2.23. The van der Waals surface area contributed by atoms with Gasteiger partial charge in [0.2, 0.25) is 0 Å². The molecule has 1 aromatic carbocycles. The van der Waals surface area contributed by atoms with Gasteiger partial charge in [0.25, 0.3) is 5.91 Å². The molecule has 2 rings (SSSR count). The number of hydrogen-bond acceptors (Lipinski definition) is 3.